The molecule has 7 heteroatoms. The molecule has 1 fully saturated rings. The topological polar surface area (TPSA) is 69.8 Å². The fraction of sp³-hybridized carbons (Fsp3) is 0.714. The van der Waals surface area contributed by atoms with Crippen molar-refractivity contribution < 1.29 is 10.0 Å². The van der Waals surface area contributed by atoms with E-state index in [0.717, 1.165) is 32.7 Å². The predicted octanol–water partition coefficient (Wildman–Crippen LogP) is 2.49. The number of piperazine rings is 1. The van der Waals surface area contributed by atoms with Crippen LogP contribution in [0, 0.1) is 16.0 Å². The highest BCUT2D eigenvalue weighted by Crippen LogP contribution is 2.40. The van der Waals surface area contributed by atoms with E-state index < -0.39 is 6.10 Å². The van der Waals surface area contributed by atoms with Crippen LogP contribution in [0.5, 0.6) is 0 Å². The highest BCUT2D eigenvalue weighted by atomic mass is 32.1. The SMILES string of the molecule is CC(C)CN1CCN(c2sc([C@H](C)O)cc2[N+](=O)[O-])CC1. The zero-order valence-electron chi connectivity index (χ0n) is 12.8. The Kier molecular flexibility index (Phi) is 5.18. The van der Waals surface area contributed by atoms with Crippen molar-refractivity contribution in [2.45, 2.75) is 26.9 Å². The number of hydrogen-bond donors (Lipinski definition) is 1. The summed E-state index contributed by atoms with van der Waals surface area (Å²) in [7, 11) is 0. The van der Waals surface area contributed by atoms with E-state index >= 15 is 0 Å². The molecule has 1 aromatic heterocycles. The van der Waals surface area contributed by atoms with Gasteiger partial charge >= 0.3 is 5.69 Å². The van der Waals surface area contributed by atoms with Gasteiger partial charge in [-0.25, -0.2) is 0 Å². The quantitative estimate of drug-likeness (QED) is 0.668. The lowest BCUT2D eigenvalue weighted by molar-refractivity contribution is -0.383. The normalized spacial score (nSPS) is 18.2. The van der Waals surface area contributed by atoms with Gasteiger partial charge in [0.1, 0.15) is 0 Å². The minimum absolute atomic E-state index is 0.119. The number of anilines is 1. The van der Waals surface area contributed by atoms with Crippen molar-refractivity contribution >= 4 is 22.0 Å². The van der Waals surface area contributed by atoms with E-state index in [-0.39, 0.29) is 10.6 Å². The lowest BCUT2D eigenvalue weighted by Gasteiger charge is -2.35. The lowest BCUT2D eigenvalue weighted by atomic mass is 10.2. The van der Waals surface area contributed by atoms with E-state index in [1.807, 2.05) is 0 Å². The Bertz CT molecular complexity index is 494. The fourth-order valence-electron chi connectivity index (χ4n) is 2.60. The predicted molar refractivity (Wildman–Crippen MR) is 85.1 cm³/mol. The van der Waals surface area contributed by atoms with Crippen LogP contribution in [0.3, 0.4) is 0 Å². The molecule has 1 aliphatic heterocycles. The molecule has 0 spiro atoms. The van der Waals surface area contributed by atoms with Gasteiger partial charge in [-0.05, 0) is 12.8 Å². The van der Waals surface area contributed by atoms with Crippen LogP contribution in [-0.2, 0) is 0 Å². The van der Waals surface area contributed by atoms with E-state index in [2.05, 4.69) is 23.6 Å². The molecule has 2 rings (SSSR count). The van der Waals surface area contributed by atoms with E-state index in [1.165, 1.54) is 17.4 Å². The summed E-state index contributed by atoms with van der Waals surface area (Å²) in [5.74, 6) is 0.634. The first-order valence-corrected chi connectivity index (χ1v) is 8.13. The third kappa shape index (κ3) is 3.93. The van der Waals surface area contributed by atoms with Crippen molar-refractivity contribution in [2.24, 2.45) is 5.92 Å². The fourth-order valence-corrected chi connectivity index (χ4v) is 3.72. The monoisotopic (exact) mass is 313 g/mol. The Morgan fingerprint density at radius 3 is 2.43 bits per heavy atom. The Labute approximate surface area is 129 Å². The minimum atomic E-state index is -0.662. The first-order valence-electron chi connectivity index (χ1n) is 7.32. The van der Waals surface area contributed by atoms with Gasteiger partial charge < -0.3 is 10.0 Å². The molecule has 21 heavy (non-hydrogen) atoms. The summed E-state index contributed by atoms with van der Waals surface area (Å²) in [5.41, 5.74) is 0.119. The van der Waals surface area contributed by atoms with Crippen LogP contribution in [0.1, 0.15) is 31.8 Å². The number of hydrogen-bond acceptors (Lipinski definition) is 6. The van der Waals surface area contributed by atoms with Crippen LogP contribution in [0.25, 0.3) is 0 Å². The molecule has 0 unspecified atom stereocenters. The molecule has 0 bridgehead atoms. The second-order valence-electron chi connectivity index (χ2n) is 5.95. The number of rotatable bonds is 5. The molecule has 2 heterocycles. The smallest absolute Gasteiger partial charge is 0.304 e. The molecule has 1 aliphatic rings. The van der Waals surface area contributed by atoms with E-state index in [4.69, 9.17) is 0 Å². The van der Waals surface area contributed by atoms with Gasteiger partial charge in [0.15, 0.2) is 5.00 Å². The maximum absolute atomic E-state index is 11.2. The van der Waals surface area contributed by atoms with Crippen LogP contribution >= 0.6 is 11.3 Å². The van der Waals surface area contributed by atoms with E-state index in [0.29, 0.717) is 15.8 Å². The third-order valence-corrected chi connectivity index (χ3v) is 4.96. The summed E-state index contributed by atoms with van der Waals surface area (Å²) in [4.78, 5) is 16.0. The lowest BCUT2D eigenvalue weighted by Crippen LogP contribution is -2.47. The highest BCUT2D eigenvalue weighted by molar-refractivity contribution is 7.16. The number of thiophene rings is 1. The molecule has 0 saturated carbocycles. The van der Waals surface area contributed by atoms with Gasteiger partial charge in [-0.3, -0.25) is 15.0 Å². The maximum Gasteiger partial charge on any atom is 0.304 e. The zero-order chi connectivity index (χ0) is 15.6. The summed E-state index contributed by atoms with van der Waals surface area (Å²) in [6, 6.07) is 1.51. The molecular formula is C14H23N3O3S. The average Bonchev–Trinajstić information content (AvgIpc) is 2.84. The summed E-state index contributed by atoms with van der Waals surface area (Å²) in [6.07, 6.45) is -0.662. The van der Waals surface area contributed by atoms with Crippen molar-refractivity contribution in [3.8, 4) is 0 Å². The van der Waals surface area contributed by atoms with E-state index in [9.17, 15) is 15.2 Å². The first kappa shape index (κ1) is 16.2. The van der Waals surface area contributed by atoms with Crippen molar-refractivity contribution in [3.05, 3.63) is 21.1 Å². The molecule has 0 aromatic carbocycles. The molecule has 6 nitrogen and oxygen atoms in total. The average molecular weight is 313 g/mol. The van der Waals surface area contributed by atoms with Crippen molar-refractivity contribution in [1.29, 1.82) is 0 Å². The molecule has 0 aliphatic carbocycles. The van der Waals surface area contributed by atoms with Crippen LogP contribution < -0.4 is 4.90 Å². The number of aliphatic hydroxyl groups is 1. The van der Waals surface area contributed by atoms with Gasteiger partial charge in [-0.15, -0.1) is 11.3 Å². The van der Waals surface area contributed by atoms with Crippen LogP contribution in [0.2, 0.25) is 0 Å². The summed E-state index contributed by atoms with van der Waals surface area (Å²) in [6.45, 7) is 10.6. The molecule has 1 aromatic rings. The second kappa shape index (κ2) is 6.72. The summed E-state index contributed by atoms with van der Waals surface area (Å²) < 4.78 is 0. The van der Waals surface area contributed by atoms with Gasteiger partial charge in [-0.2, -0.15) is 0 Å². The number of aliphatic hydroxyl groups excluding tert-OH is 1. The van der Waals surface area contributed by atoms with Gasteiger partial charge in [0.05, 0.1) is 11.0 Å². The molecule has 0 amide bonds. The first-order chi connectivity index (χ1) is 9.88. The molecule has 1 atom stereocenters. The zero-order valence-corrected chi connectivity index (χ0v) is 13.6. The third-order valence-electron chi connectivity index (χ3n) is 3.60. The molecule has 1 N–H and O–H groups in total. The van der Waals surface area contributed by atoms with Gasteiger partial charge in [-0.1, -0.05) is 13.8 Å². The minimum Gasteiger partial charge on any atom is -0.388 e. The van der Waals surface area contributed by atoms with Gasteiger partial charge in [0.2, 0.25) is 0 Å². The Morgan fingerprint density at radius 1 is 1.33 bits per heavy atom. The van der Waals surface area contributed by atoms with Crippen LogP contribution in [0.15, 0.2) is 6.07 Å². The number of nitro groups is 1. The molecule has 118 valence electrons. The van der Waals surface area contributed by atoms with Crippen molar-refractivity contribution in [3.63, 3.8) is 0 Å². The molecular weight excluding hydrogens is 290 g/mol. The Morgan fingerprint density at radius 2 is 1.95 bits per heavy atom. The van der Waals surface area contributed by atoms with Crippen molar-refractivity contribution in [1.82, 2.24) is 4.90 Å². The van der Waals surface area contributed by atoms with Crippen molar-refractivity contribution in [2.75, 3.05) is 37.6 Å². The Hall–Kier alpha value is -1.18. The largest absolute Gasteiger partial charge is 0.388 e. The molecule has 1 saturated heterocycles. The molecule has 0 radical (unpaired) electrons. The summed E-state index contributed by atoms with van der Waals surface area (Å²) >= 11 is 1.33. The van der Waals surface area contributed by atoms with Crippen LogP contribution in [0.4, 0.5) is 10.7 Å². The number of nitrogens with zero attached hydrogens (tertiary/aromatic N) is 3. The van der Waals surface area contributed by atoms with Gasteiger partial charge in [0.25, 0.3) is 0 Å². The van der Waals surface area contributed by atoms with Gasteiger partial charge in [0, 0.05) is 43.7 Å². The highest BCUT2D eigenvalue weighted by Gasteiger charge is 2.27. The van der Waals surface area contributed by atoms with Crippen LogP contribution in [-0.4, -0.2) is 47.7 Å². The Balaban J connectivity index is 2.10. The summed E-state index contributed by atoms with van der Waals surface area (Å²) in [5, 5.41) is 21.5. The maximum atomic E-state index is 11.2. The standard InChI is InChI=1S/C14H23N3O3S/c1-10(2)9-15-4-6-16(7-5-15)14-12(17(19)20)8-13(21-14)11(3)18/h8,10-11,18H,4-7,9H2,1-3H3/t11-/m0/s1. The van der Waals surface area contributed by atoms with E-state index in [1.54, 1.807) is 6.92 Å². The second-order valence-corrected chi connectivity index (χ2v) is 7.02.